The van der Waals surface area contributed by atoms with E-state index in [-0.39, 0.29) is 5.91 Å². The molecule has 1 aliphatic heterocycles. The van der Waals surface area contributed by atoms with Gasteiger partial charge in [0.2, 0.25) is 0 Å². The Balaban J connectivity index is 1.59. The van der Waals surface area contributed by atoms with Gasteiger partial charge in [-0.25, -0.2) is 0 Å². The van der Waals surface area contributed by atoms with Crippen LogP contribution in [0.4, 0.5) is 0 Å². The molecule has 2 aromatic carbocycles. The minimum Gasteiger partial charge on any atom is -0.497 e. The number of aromatic nitrogens is 1. The highest BCUT2D eigenvalue weighted by Gasteiger charge is 2.33. The van der Waals surface area contributed by atoms with Gasteiger partial charge >= 0.3 is 0 Å². The summed E-state index contributed by atoms with van der Waals surface area (Å²) < 4.78 is 13.3. The third-order valence-electron chi connectivity index (χ3n) is 5.61. The number of likely N-dealkylation sites (N-methyl/N-ethyl adjacent to an activating group) is 2. The molecule has 164 valence electrons. The molecular weight excluding hydrogens is 422 g/mol. The Labute approximate surface area is 193 Å². The Morgan fingerprint density at radius 1 is 0.875 bits per heavy atom. The van der Waals surface area contributed by atoms with Gasteiger partial charge in [0.1, 0.15) is 22.9 Å². The molecular formula is C25H25N3O3S. The summed E-state index contributed by atoms with van der Waals surface area (Å²) in [6.07, 6.45) is 1.90. The molecule has 1 saturated heterocycles. The molecule has 0 unspecified atom stereocenters. The zero-order valence-corrected chi connectivity index (χ0v) is 19.6. The first-order valence-electron chi connectivity index (χ1n) is 10.2. The lowest BCUT2D eigenvalue weighted by Gasteiger charge is -2.12. The van der Waals surface area contributed by atoms with E-state index in [4.69, 9.17) is 21.7 Å². The molecule has 0 N–H and O–H groups in total. The predicted octanol–water partition coefficient (Wildman–Crippen LogP) is 4.92. The highest BCUT2D eigenvalue weighted by Crippen LogP contribution is 2.28. The van der Waals surface area contributed by atoms with Gasteiger partial charge in [-0.3, -0.25) is 9.69 Å². The van der Waals surface area contributed by atoms with Crippen LogP contribution in [0, 0.1) is 13.8 Å². The van der Waals surface area contributed by atoms with Crippen molar-refractivity contribution in [1.82, 2.24) is 14.4 Å². The first-order chi connectivity index (χ1) is 15.3. The average Bonchev–Trinajstić information content (AvgIpc) is 3.17. The minimum absolute atomic E-state index is 0.0951. The minimum atomic E-state index is -0.0951. The number of methoxy groups -OCH3 is 1. The Bertz CT molecular complexity index is 1210. The molecule has 0 spiro atoms. The lowest BCUT2D eigenvalue weighted by molar-refractivity contribution is -0.121. The van der Waals surface area contributed by atoms with E-state index in [0.717, 1.165) is 39.9 Å². The number of hydrogen-bond donors (Lipinski definition) is 0. The molecule has 7 heteroatoms. The number of carbonyl (C=O) groups excluding carboxylic acids is 1. The van der Waals surface area contributed by atoms with E-state index >= 15 is 0 Å². The third kappa shape index (κ3) is 3.87. The van der Waals surface area contributed by atoms with Crippen molar-refractivity contribution in [2.45, 2.75) is 13.8 Å². The van der Waals surface area contributed by atoms with Crippen LogP contribution in [0.5, 0.6) is 17.2 Å². The maximum absolute atomic E-state index is 12.5. The molecule has 1 amide bonds. The SMILES string of the molecule is COc1ccc(Oc2ccc(-n3c(C)cc(/C=C4/C(=O)N(C)C(=S)N4C)c3C)cc2)cc1. The van der Waals surface area contributed by atoms with Crippen LogP contribution in [0.2, 0.25) is 0 Å². The van der Waals surface area contributed by atoms with Crippen LogP contribution in [0.3, 0.4) is 0 Å². The molecule has 3 aromatic rings. The van der Waals surface area contributed by atoms with Gasteiger partial charge in [0, 0.05) is 31.2 Å². The fourth-order valence-electron chi connectivity index (χ4n) is 3.81. The van der Waals surface area contributed by atoms with Crippen molar-refractivity contribution in [3.8, 4) is 22.9 Å². The van der Waals surface area contributed by atoms with Gasteiger partial charge in [-0.15, -0.1) is 0 Å². The van der Waals surface area contributed by atoms with Crippen LogP contribution in [-0.2, 0) is 4.79 Å². The lowest BCUT2D eigenvalue weighted by Crippen LogP contribution is -2.26. The predicted molar refractivity (Wildman–Crippen MR) is 129 cm³/mol. The molecule has 1 fully saturated rings. The second-order valence-electron chi connectivity index (χ2n) is 7.67. The smallest absolute Gasteiger partial charge is 0.276 e. The maximum Gasteiger partial charge on any atom is 0.276 e. The van der Waals surface area contributed by atoms with E-state index in [1.807, 2.05) is 75.5 Å². The van der Waals surface area contributed by atoms with Gasteiger partial charge in [-0.2, -0.15) is 0 Å². The van der Waals surface area contributed by atoms with E-state index < -0.39 is 0 Å². The first kappa shape index (κ1) is 21.6. The van der Waals surface area contributed by atoms with E-state index in [1.54, 1.807) is 19.1 Å². The molecule has 0 atom stereocenters. The van der Waals surface area contributed by atoms with Crippen molar-refractivity contribution in [3.63, 3.8) is 0 Å². The second-order valence-corrected chi connectivity index (χ2v) is 8.03. The number of hydrogen-bond acceptors (Lipinski definition) is 4. The fourth-order valence-corrected chi connectivity index (χ4v) is 3.99. The maximum atomic E-state index is 12.5. The fraction of sp³-hybridized carbons (Fsp3) is 0.200. The third-order valence-corrected chi connectivity index (χ3v) is 6.16. The highest BCUT2D eigenvalue weighted by molar-refractivity contribution is 7.80. The van der Waals surface area contributed by atoms with Crippen LogP contribution in [0.15, 0.2) is 60.3 Å². The normalized spacial score (nSPS) is 15.1. The monoisotopic (exact) mass is 447 g/mol. The van der Waals surface area contributed by atoms with Crippen LogP contribution >= 0.6 is 12.2 Å². The second kappa shape index (κ2) is 8.51. The van der Waals surface area contributed by atoms with Gasteiger partial charge < -0.3 is 18.9 Å². The quantitative estimate of drug-likeness (QED) is 0.410. The summed E-state index contributed by atoms with van der Waals surface area (Å²) in [6, 6.07) is 17.5. The zero-order chi connectivity index (χ0) is 23.0. The Kier molecular flexibility index (Phi) is 5.76. The largest absolute Gasteiger partial charge is 0.497 e. The van der Waals surface area contributed by atoms with Crippen molar-refractivity contribution in [1.29, 1.82) is 0 Å². The lowest BCUT2D eigenvalue weighted by atomic mass is 10.2. The van der Waals surface area contributed by atoms with Crippen molar-refractivity contribution < 1.29 is 14.3 Å². The van der Waals surface area contributed by atoms with Crippen molar-refractivity contribution in [2.24, 2.45) is 0 Å². The van der Waals surface area contributed by atoms with E-state index in [1.165, 1.54) is 4.90 Å². The molecule has 0 aliphatic carbocycles. The summed E-state index contributed by atoms with van der Waals surface area (Å²) in [5.74, 6) is 2.19. The van der Waals surface area contributed by atoms with E-state index in [2.05, 4.69) is 10.6 Å². The summed E-state index contributed by atoms with van der Waals surface area (Å²) in [7, 11) is 5.15. The van der Waals surface area contributed by atoms with Crippen LogP contribution < -0.4 is 9.47 Å². The summed E-state index contributed by atoms with van der Waals surface area (Å²) in [5.41, 5.74) is 4.68. The number of amides is 1. The van der Waals surface area contributed by atoms with Crippen LogP contribution in [0.1, 0.15) is 17.0 Å². The summed E-state index contributed by atoms with van der Waals surface area (Å²) in [6.45, 7) is 4.09. The molecule has 2 heterocycles. The van der Waals surface area contributed by atoms with Crippen molar-refractivity contribution in [2.75, 3.05) is 21.2 Å². The van der Waals surface area contributed by atoms with Crippen molar-refractivity contribution in [3.05, 3.63) is 77.2 Å². The number of nitrogens with zero attached hydrogens (tertiary/aromatic N) is 3. The number of thiocarbonyl (C=S) groups is 1. The highest BCUT2D eigenvalue weighted by atomic mass is 32.1. The topological polar surface area (TPSA) is 46.9 Å². The number of benzene rings is 2. The molecule has 1 aliphatic rings. The van der Waals surface area contributed by atoms with E-state index in [0.29, 0.717) is 10.8 Å². The van der Waals surface area contributed by atoms with Gasteiger partial charge in [0.15, 0.2) is 5.11 Å². The number of carbonyl (C=O) groups is 1. The van der Waals surface area contributed by atoms with Crippen LogP contribution in [0.25, 0.3) is 11.8 Å². The van der Waals surface area contributed by atoms with Gasteiger partial charge in [-0.05, 0) is 92.3 Å². The average molecular weight is 448 g/mol. The zero-order valence-electron chi connectivity index (χ0n) is 18.7. The molecule has 0 saturated carbocycles. The summed E-state index contributed by atoms with van der Waals surface area (Å²) in [5, 5.41) is 0.502. The van der Waals surface area contributed by atoms with Gasteiger partial charge in [0.25, 0.3) is 5.91 Å². The summed E-state index contributed by atoms with van der Waals surface area (Å²) in [4.78, 5) is 15.8. The van der Waals surface area contributed by atoms with Crippen molar-refractivity contribution >= 4 is 29.3 Å². The number of ether oxygens (including phenoxy) is 2. The molecule has 32 heavy (non-hydrogen) atoms. The Morgan fingerprint density at radius 2 is 1.44 bits per heavy atom. The number of rotatable bonds is 5. The Morgan fingerprint density at radius 3 is 1.97 bits per heavy atom. The van der Waals surface area contributed by atoms with E-state index in [9.17, 15) is 4.79 Å². The Hall–Kier alpha value is -3.58. The molecule has 0 radical (unpaired) electrons. The standard InChI is InChI=1S/C25H25N3O3S/c1-16-14-18(15-23-24(29)27(4)25(32)26(23)3)17(2)28(16)19-6-8-21(9-7-19)31-22-12-10-20(30-5)11-13-22/h6-15H,1-5H3/b23-15-. The number of aryl methyl sites for hydroxylation is 1. The van der Waals surface area contributed by atoms with Crippen LogP contribution in [-0.4, -0.2) is 46.6 Å². The van der Waals surface area contributed by atoms with Gasteiger partial charge in [0.05, 0.1) is 7.11 Å². The first-order valence-corrected chi connectivity index (χ1v) is 10.6. The van der Waals surface area contributed by atoms with Gasteiger partial charge in [-0.1, -0.05) is 0 Å². The molecule has 4 rings (SSSR count). The summed E-state index contributed by atoms with van der Waals surface area (Å²) >= 11 is 5.31. The molecule has 6 nitrogen and oxygen atoms in total. The molecule has 0 bridgehead atoms. The molecule has 1 aromatic heterocycles.